The summed E-state index contributed by atoms with van der Waals surface area (Å²) in [5.41, 5.74) is 1.01. The Morgan fingerprint density at radius 1 is 1.54 bits per heavy atom. The van der Waals surface area contributed by atoms with Crippen LogP contribution in [-0.4, -0.2) is 34.0 Å². The number of hydrogen-bond acceptors (Lipinski definition) is 4. The minimum atomic E-state index is -0.266. The van der Waals surface area contributed by atoms with E-state index in [0.29, 0.717) is 18.7 Å². The molecular formula is C17H22N4O2S. The van der Waals surface area contributed by atoms with Crippen LogP contribution >= 0.6 is 11.3 Å². The van der Waals surface area contributed by atoms with Crippen molar-refractivity contribution < 1.29 is 9.59 Å². The highest BCUT2D eigenvalue weighted by Gasteiger charge is 2.39. The molecule has 128 valence electrons. The molecule has 0 bridgehead atoms. The molecule has 1 aliphatic heterocycles. The second-order valence-corrected chi connectivity index (χ2v) is 7.11. The Balaban J connectivity index is 1.77. The molecule has 0 aliphatic carbocycles. The Kier molecular flexibility index (Phi) is 4.99. The number of anilines is 1. The molecule has 2 atom stereocenters. The number of H-pyrrole nitrogens is 1. The molecule has 6 nitrogen and oxygen atoms in total. The second-order valence-electron chi connectivity index (χ2n) is 6.13. The molecule has 2 unspecified atom stereocenters. The topological polar surface area (TPSA) is 78.1 Å². The summed E-state index contributed by atoms with van der Waals surface area (Å²) >= 11 is 1.58. The van der Waals surface area contributed by atoms with Crippen LogP contribution in [-0.2, 0) is 16.0 Å². The van der Waals surface area contributed by atoms with Crippen LogP contribution in [0.25, 0.3) is 0 Å². The van der Waals surface area contributed by atoms with Crippen LogP contribution in [0.15, 0.2) is 23.6 Å². The number of nitrogens with zero attached hydrogens (tertiary/aromatic N) is 2. The van der Waals surface area contributed by atoms with E-state index in [1.807, 2.05) is 23.6 Å². The van der Waals surface area contributed by atoms with Gasteiger partial charge in [0, 0.05) is 30.1 Å². The van der Waals surface area contributed by atoms with Crippen LogP contribution < -0.4 is 5.32 Å². The van der Waals surface area contributed by atoms with Crippen molar-refractivity contribution >= 4 is 29.0 Å². The average molecular weight is 346 g/mol. The van der Waals surface area contributed by atoms with Crippen LogP contribution in [0.5, 0.6) is 0 Å². The van der Waals surface area contributed by atoms with E-state index >= 15 is 0 Å². The molecule has 1 fully saturated rings. The van der Waals surface area contributed by atoms with Crippen LogP contribution in [0.2, 0.25) is 0 Å². The quantitative estimate of drug-likeness (QED) is 0.874. The summed E-state index contributed by atoms with van der Waals surface area (Å²) in [5.74, 6) is 0.287. The number of aromatic amines is 1. The first-order valence-electron chi connectivity index (χ1n) is 8.24. The van der Waals surface area contributed by atoms with Gasteiger partial charge in [-0.1, -0.05) is 19.4 Å². The van der Waals surface area contributed by atoms with E-state index in [9.17, 15) is 9.59 Å². The van der Waals surface area contributed by atoms with Gasteiger partial charge in [-0.05, 0) is 24.3 Å². The molecule has 3 heterocycles. The fourth-order valence-corrected chi connectivity index (χ4v) is 4.14. The Labute approximate surface area is 145 Å². The maximum atomic E-state index is 12.8. The summed E-state index contributed by atoms with van der Waals surface area (Å²) in [5, 5.41) is 12.0. The standard InChI is InChI=1S/C17H22N4O2S/c1-3-5-11-10-14(20-19-11)18-17(23)12-7-8-15(22)21(2)16(12)13-6-4-9-24-13/h4,6,9-10,12,16H,3,5,7-8H2,1-2H3,(H2,18,19,20,23). The van der Waals surface area contributed by atoms with Crippen LogP contribution in [0.4, 0.5) is 5.82 Å². The van der Waals surface area contributed by atoms with Crippen molar-refractivity contribution in [2.45, 2.75) is 38.6 Å². The van der Waals surface area contributed by atoms with E-state index in [4.69, 9.17) is 0 Å². The molecule has 2 N–H and O–H groups in total. The zero-order chi connectivity index (χ0) is 17.1. The van der Waals surface area contributed by atoms with Crippen molar-refractivity contribution in [3.8, 4) is 0 Å². The molecular weight excluding hydrogens is 324 g/mol. The maximum Gasteiger partial charge on any atom is 0.231 e. The molecule has 24 heavy (non-hydrogen) atoms. The number of carbonyl (C=O) groups is 2. The fourth-order valence-electron chi connectivity index (χ4n) is 3.20. The Morgan fingerprint density at radius 3 is 3.08 bits per heavy atom. The lowest BCUT2D eigenvalue weighted by Gasteiger charge is -2.37. The lowest BCUT2D eigenvalue weighted by atomic mass is 9.87. The smallest absolute Gasteiger partial charge is 0.231 e. The Morgan fingerprint density at radius 2 is 2.38 bits per heavy atom. The zero-order valence-corrected chi connectivity index (χ0v) is 14.7. The number of aryl methyl sites for hydroxylation is 1. The highest BCUT2D eigenvalue weighted by molar-refractivity contribution is 7.10. The van der Waals surface area contributed by atoms with Gasteiger partial charge in [-0.15, -0.1) is 11.3 Å². The first-order chi connectivity index (χ1) is 11.6. The van der Waals surface area contributed by atoms with E-state index in [2.05, 4.69) is 22.4 Å². The predicted octanol–water partition coefficient (Wildman–Crippen LogP) is 2.97. The third kappa shape index (κ3) is 3.36. The summed E-state index contributed by atoms with van der Waals surface area (Å²) < 4.78 is 0. The molecule has 0 aromatic carbocycles. The summed E-state index contributed by atoms with van der Waals surface area (Å²) in [6, 6.07) is 5.60. The number of likely N-dealkylation sites (tertiary alicyclic amines) is 1. The van der Waals surface area contributed by atoms with Crippen molar-refractivity contribution in [2.24, 2.45) is 5.92 Å². The number of hydrogen-bond donors (Lipinski definition) is 2. The maximum absolute atomic E-state index is 12.8. The predicted molar refractivity (Wildman–Crippen MR) is 93.8 cm³/mol. The molecule has 2 amide bonds. The minimum Gasteiger partial charge on any atom is -0.337 e. The van der Waals surface area contributed by atoms with E-state index in [1.54, 1.807) is 23.3 Å². The number of piperidine rings is 1. The number of thiophene rings is 1. The normalized spacial score (nSPS) is 21.1. The van der Waals surface area contributed by atoms with Crippen molar-refractivity contribution in [3.05, 3.63) is 34.2 Å². The highest BCUT2D eigenvalue weighted by Crippen LogP contribution is 2.38. The van der Waals surface area contributed by atoms with Gasteiger partial charge in [0.15, 0.2) is 5.82 Å². The molecule has 0 radical (unpaired) electrons. The summed E-state index contributed by atoms with van der Waals surface area (Å²) in [7, 11) is 1.78. The van der Waals surface area contributed by atoms with Gasteiger partial charge in [-0.25, -0.2) is 0 Å². The molecule has 1 saturated heterocycles. The van der Waals surface area contributed by atoms with E-state index < -0.39 is 0 Å². The Bertz CT molecular complexity index is 710. The number of amides is 2. The van der Waals surface area contributed by atoms with Crippen molar-refractivity contribution in [1.29, 1.82) is 0 Å². The fraction of sp³-hybridized carbons (Fsp3) is 0.471. The van der Waals surface area contributed by atoms with E-state index in [0.717, 1.165) is 23.4 Å². The zero-order valence-electron chi connectivity index (χ0n) is 13.9. The van der Waals surface area contributed by atoms with Crippen molar-refractivity contribution in [3.63, 3.8) is 0 Å². The number of aromatic nitrogens is 2. The summed E-state index contributed by atoms with van der Waals surface area (Å²) in [6.45, 7) is 2.10. The van der Waals surface area contributed by atoms with E-state index in [-0.39, 0.29) is 23.8 Å². The Hall–Kier alpha value is -2.15. The number of carbonyl (C=O) groups excluding carboxylic acids is 2. The SMILES string of the molecule is CCCc1cc(NC(=O)C2CCC(=O)N(C)C2c2cccs2)n[nH]1. The molecule has 1 aliphatic rings. The van der Waals surface area contributed by atoms with Gasteiger partial charge < -0.3 is 10.2 Å². The lowest BCUT2D eigenvalue weighted by Crippen LogP contribution is -2.44. The first kappa shape index (κ1) is 16.7. The van der Waals surface area contributed by atoms with Crippen LogP contribution in [0.1, 0.15) is 42.8 Å². The minimum absolute atomic E-state index is 0.0812. The first-order valence-corrected chi connectivity index (χ1v) is 9.12. The van der Waals surface area contributed by atoms with Gasteiger partial charge in [0.05, 0.1) is 12.0 Å². The molecule has 3 rings (SSSR count). The monoisotopic (exact) mass is 346 g/mol. The molecule has 7 heteroatoms. The number of nitrogens with one attached hydrogen (secondary N) is 2. The third-order valence-electron chi connectivity index (χ3n) is 4.43. The van der Waals surface area contributed by atoms with Gasteiger partial charge in [0.25, 0.3) is 0 Å². The van der Waals surface area contributed by atoms with Crippen molar-refractivity contribution in [2.75, 3.05) is 12.4 Å². The third-order valence-corrected chi connectivity index (χ3v) is 5.38. The molecule has 2 aromatic rings. The average Bonchev–Trinajstić information content (AvgIpc) is 3.22. The van der Waals surface area contributed by atoms with Gasteiger partial charge in [-0.2, -0.15) is 5.10 Å². The largest absolute Gasteiger partial charge is 0.337 e. The van der Waals surface area contributed by atoms with Gasteiger partial charge >= 0.3 is 0 Å². The number of rotatable bonds is 5. The van der Waals surface area contributed by atoms with Gasteiger partial charge in [0.1, 0.15) is 0 Å². The summed E-state index contributed by atoms with van der Waals surface area (Å²) in [4.78, 5) is 27.6. The lowest BCUT2D eigenvalue weighted by molar-refractivity contribution is -0.140. The van der Waals surface area contributed by atoms with Crippen molar-refractivity contribution in [1.82, 2.24) is 15.1 Å². The van der Waals surface area contributed by atoms with Gasteiger partial charge in [-0.3, -0.25) is 14.7 Å². The summed E-state index contributed by atoms with van der Waals surface area (Å²) in [6.07, 6.45) is 2.88. The van der Waals surface area contributed by atoms with Crippen LogP contribution in [0.3, 0.4) is 0 Å². The van der Waals surface area contributed by atoms with Gasteiger partial charge in [0.2, 0.25) is 11.8 Å². The van der Waals surface area contributed by atoms with E-state index in [1.165, 1.54) is 0 Å². The molecule has 0 spiro atoms. The highest BCUT2D eigenvalue weighted by atomic mass is 32.1. The molecule has 0 saturated carbocycles. The second kappa shape index (κ2) is 7.17. The molecule has 2 aromatic heterocycles. The van der Waals surface area contributed by atoms with Crippen LogP contribution in [0, 0.1) is 5.92 Å².